The Bertz CT molecular complexity index is 633. The molecule has 7 heteroatoms. The van der Waals surface area contributed by atoms with E-state index in [-0.39, 0.29) is 6.54 Å². The topological polar surface area (TPSA) is 115 Å². The van der Waals surface area contributed by atoms with Gasteiger partial charge in [-0.3, -0.25) is 9.89 Å². The largest absolute Gasteiger partial charge is 0.479 e. The molecule has 4 N–H and O–H groups in total. The number of aromatic nitrogens is 2. The number of aliphatic carboxylic acids is 1. The zero-order valence-corrected chi connectivity index (χ0v) is 10.2. The van der Waals surface area contributed by atoms with Crippen molar-refractivity contribution in [2.45, 2.75) is 12.5 Å². The minimum atomic E-state index is -2.00. The van der Waals surface area contributed by atoms with Gasteiger partial charge in [0.2, 0.25) is 0 Å². The summed E-state index contributed by atoms with van der Waals surface area (Å²) in [6.45, 7) is 0.734. The number of benzene rings is 1. The van der Waals surface area contributed by atoms with Crippen molar-refractivity contribution in [3.8, 4) is 0 Å². The highest BCUT2D eigenvalue weighted by molar-refractivity contribution is 6.05. The van der Waals surface area contributed by atoms with Crippen molar-refractivity contribution < 1.29 is 19.8 Å². The summed E-state index contributed by atoms with van der Waals surface area (Å²) in [5.74, 6) is -1.87. The van der Waals surface area contributed by atoms with E-state index in [0.29, 0.717) is 11.1 Å². The molecule has 1 amide bonds. The number of hydrogen-bond acceptors (Lipinski definition) is 4. The van der Waals surface area contributed by atoms with Gasteiger partial charge in [0.25, 0.3) is 5.91 Å². The van der Waals surface area contributed by atoms with E-state index < -0.39 is 17.5 Å². The maximum atomic E-state index is 12.0. The van der Waals surface area contributed by atoms with Gasteiger partial charge in [-0.15, -0.1) is 0 Å². The van der Waals surface area contributed by atoms with Gasteiger partial charge in [0.15, 0.2) is 5.60 Å². The number of amides is 1. The highest BCUT2D eigenvalue weighted by atomic mass is 16.4. The van der Waals surface area contributed by atoms with Crippen molar-refractivity contribution in [1.82, 2.24) is 15.5 Å². The lowest BCUT2D eigenvalue weighted by molar-refractivity contribution is -0.155. The van der Waals surface area contributed by atoms with Crippen molar-refractivity contribution in [1.29, 1.82) is 0 Å². The van der Waals surface area contributed by atoms with Crippen molar-refractivity contribution in [2.24, 2.45) is 0 Å². The lowest BCUT2D eigenvalue weighted by atomic mass is 10.1. The molecule has 1 unspecified atom stereocenters. The number of carboxylic acid groups (broad SMARTS) is 1. The summed E-state index contributed by atoms with van der Waals surface area (Å²) >= 11 is 0. The van der Waals surface area contributed by atoms with Gasteiger partial charge in [-0.2, -0.15) is 5.10 Å². The Morgan fingerprint density at radius 2 is 2.21 bits per heavy atom. The van der Waals surface area contributed by atoms with E-state index >= 15 is 0 Å². The van der Waals surface area contributed by atoms with Crippen LogP contribution in [0.25, 0.3) is 10.9 Å². The number of fused-ring (bicyclic) bond motifs is 1. The molecule has 0 aliphatic rings. The van der Waals surface area contributed by atoms with E-state index in [1.807, 2.05) is 0 Å². The van der Waals surface area contributed by atoms with Crippen molar-refractivity contribution >= 4 is 22.8 Å². The van der Waals surface area contributed by atoms with Crippen molar-refractivity contribution in [3.05, 3.63) is 30.0 Å². The molecule has 19 heavy (non-hydrogen) atoms. The Morgan fingerprint density at radius 1 is 1.47 bits per heavy atom. The summed E-state index contributed by atoms with van der Waals surface area (Å²) in [4.78, 5) is 22.7. The van der Waals surface area contributed by atoms with E-state index in [1.165, 1.54) is 0 Å². The maximum absolute atomic E-state index is 12.0. The van der Waals surface area contributed by atoms with Gasteiger partial charge in [0.1, 0.15) is 0 Å². The third-order valence-corrected chi connectivity index (χ3v) is 2.78. The first-order chi connectivity index (χ1) is 8.92. The average Bonchev–Trinajstić information content (AvgIpc) is 2.83. The molecule has 0 saturated carbocycles. The van der Waals surface area contributed by atoms with Crippen LogP contribution >= 0.6 is 0 Å². The standard InChI is InChI=1S/C12H13N3O4/c1-12(19,11(17)18)6-13-10(16)8-4-2-3-7-5-14-15-9(7)8/h2-5,19H,6H2,1H3,(H,13,16)(H,14,15)(H,17,18). The van der Waals surface area contributed by atoms with Gasteiger partial charge >= 0.3 is 5.97 Å². The van der Waals surface area contributed by atoms with Crippen LogP contribution in [0.1, 0.15) is 17.3 Å². The second kappa shape index (κ2) is 4.69. The zero-order valence-electron chi connectivity index (χ0n) is 10.2. The molecule has 2 rings (SSSR count). The summed E-state index contributed by atoms with van der Waals surface area (Å²) < 4.78 is 0. The highest BCUT2D eigenvalue weighted by Gasteiger charge is 2.30. The lowest BCUT2D eigenvalue weighted by Crippen LogP contribution is -2.46. The number of rotatable bonds is 4. The highest BCUT2D eigenvalue weighted by Crippen LogP contribution is 2.15. The molecular weight excluding hydrogens is 250 g/mol. The fourth-order valence-electron chi connectivity index (χ4n) is 1.58. The molecule has 1 atom stereocenters. The molecular formula is C12H13N3O4. The first-order valence-corrected chi connectivity index (χ1v) is 5.58. The third-order valence-electron chi connectivity index (χ3n) is 2.78. The number of hydrogen-bond donors (Lipinski definition) is 4. The molecule has 100 valence electrons. The summed E-state index contributed by atoms with van der Waals surface area (Å²) in [5, 5.41) is 28.0. The Labute approximate surface area is 108 Å². The van der Waals surface area contributed by atoms with Crippen LogP contribution in [-0.4, -0.2) is 44.4 Å². The van der Waals surface area contributed by atoms with Gasteiger partial charge in [0.05, 0.1) is 23.8 Å². The zero-order chi connectivity index (χ0) is 14.0. The molecule has 7 nitrogen and oxygen atoms in total. The van der Waals surface area contributed by atoms with Gasteiger partial charge in [-0.1, -0.05) is 12.1 Å². The molecule has 1 aromatic heterocycles. The molecule has 0 fully saturated rings. The number of carboxylic acids is 1. The molecule has 0 bridgehead atoms. The first-order valence-electron chi connectivity index (χ1n) is 5.58. The van der Waals surface area contributed by atoms with Gasteiger partial charge in [-0.25, -0.2) is 4.79 Å². The van der Waals surface area contributed by atoms with Gasteiger partial charge < -0.3 is 15.5 Å². The number of carbonyl (C=O) groups is 2. The van der Waals surface area contributed by atoms with Crippen LogP contribution in [0.3, 0.4) is 0 Å². The van der Waals surface area contributed by atoms with E-state index in [1.54, 1.807) is 24.4 Å². The first kappa shape index (κ1) is 13.0. The molecule has 0 saturated heterocycles. The number of para-hydroxylation sites is 1. The van der Waals surface area contributed by atoms with E-state index in [2.05, 4.69) is 15.5 Å². The summed E-state index contributed by atoms with van der Waals surface area (Å²) in [6.07, 6.45) is 1.58. The normalized spacial score (nSPS) is 14.0. The average molecular weight is 263 g/mol. The fraction of sp³-hybridized carbons (Fsp3) is 0.250. The predicted molar refractivity (Wildman–Crippen MR) is 66.7 cm³/mol. The number of aliphatic hydroxyl groups is 1. The summed E-state index contributed by atoms with van der Waals surface area (Å²) in [5.41, 5.74) is -1.09. The molecule has 0 aliphatic carbocycles. The minimum absolute atomic E-state index is 0.344. The second-order valence-corrected chi connectivity index (χ2v) is 4.40. The SMILES string of the molecule is CC(O)(CNC(=O)c1cccc2cn[nH]c12)C(=O)O. The second-order valence-electron chi connectivity index (χ2n) is 4.40. The van der Waals surface area contributed by atoms with Crippen LogP contribution in [0.4, 0.5) is 0 Å². The van der Waals surface area contributed by atoms with E-state index in [0.717, 1.165) is 12.3 Å². The van der Waals surface area contributed by atoms with Crippen LogP contribution in [-0.2, 0) is 4.79 Å². The maximum Gasteiger partial charge on any atom is 0.337 e. The summed E-state index contributed by atoms with van der Waals surface area (Å²) in [6, 6.07) is 5.08. The van der Waals surface area contributed by atoms with Crippen molar-refractivity contribution in [2.75, 3.05) is 6.54 Å². The van der Waals surface area contributed by atoms with Gasteiger partial charge in [0, 0.05) is 5.39 Å². The van der Waals surface area contributed by atoms with E-state index in [4.69, 9.17) is 5.11 Å². The lowest BCUT2D eigenvalue weighted by Gasteiger charge is -2.18. The molecule has 0 aliphatic heterocycles. The van der Waals surface area contributed by atoms with Crippen LogP contribution in [0, 0.1) is 0 Å². The monoisotopic (exact) mass is 263 g/mol. The molecule has 1 aromatic carbocycles. The number of nitrogens with zero attached hydrogens (tertiary/aromatic N) is 1. The number of nitrogens with one attached hydrogen (secondary N) is 2. The number of aromatic amines is 1. The smallest absolute Gasteiger partial charge is 0.337 e. The van der Waals surface area contributed by atoms with Crippen LogP contribution < -0.4 is 5.32 Å². The van der Waals surface area contributed by atoms with E-state index in [9.17, 15) is 14.7 Å². The molecule has 2 aromatic rings. The quantitative estimate of drug-likeness (QED) is 0.625. The Kier molecular flexibility index (Phi) is 3.22. The van der Waals surface area contributed by atoms with Crippen LogP contribution in [0.5, 0.6) is 0 Å². The Hall–Kier alpha value is -2.41. The summed E-state index contributed by atoms with van der Waals surface area (Å²) in [7, 11) is 0. The van der Waals surface area contributed by atoms with Crippen LogP contribution in [0.15, 0.2) is 24.4 Å². The molecule has 0 radical (unpaired) electrons. The number of H-pyrrole nitrogens is 1. The Morgan fingerprint density at radius 3 is 2.89 bits per heavy atom. The van der Waals surface area contributed by atoms with Gasteiger partial charge in [-0.05, 0) is 13.0 Å². The predicted octanol–water partition coefficient (Wildman–Crippen LogP) is 0.128. The number of carbonyl (C=O) groups excluding carboxylic acids is 1. The Balaban J connectivity index is 2.17. The molecule has 1 heterocycles. The van der Waals surface area contributed by atoms with Crippen molar-refractivity contribution in [3.63, 3.8) is 0 Å². The molecule has 0 spiro atoms. The minimum Gasteiger partial charge on any atom is -0.479 e. The third kappa shape index (κ3) is 2.55. The van der Waals surface area contributed by atoms with Crippen LogP contribution in [0.2, 0.25) is 0 Å². The fourth-order valence-corrected chi connectivity index (χ4v) is 1.58.